The van der Waals surface area contributed by atoms with Crippen molar-refractivity contribution >= 4 is 11.9 Å². The normalized spacial score (nSPS) is 12.4. The first-order valence-electron chi connectivity index (χ1n) is 7.33. The van der Waals surface area contributed by atoms with Gasteiger partial charge in [0.25, 0.3) is 0 Å². The molecule has 0 aromatic heterocycles. The van der Waals surface area contributed by atoms with Crippen LogP contribution >= 0.6 is 0 Å². The van der Waals surface area contributed by atoms with Crippen molar-refractivity contribution in [3.8, 4) is 0 Å². The summed E-state index contributed by atoms with van der Waals surface area (Å²) in [5, 5.41) is 28.7. The zero-order valence-corrected chi connectivity index (χ0v) is 13.7. The minimum absolute atomic E-state index is 0.0734. The third kappa shape index (κ3) is 4.19. The van der Waals surface area contributed by atoms with Crippen LogP contribution in [-0.2, 0) is 14.6 Å². The fourth-order valence-corrected chi connectivity index (χ4v) is 2.14. The maximum atomic E-state index is 12.2. The molecule has 1 aromatic rings. The molecular formula is C17H22O7. The van der Waals surface area contributed by atoms with E-state index in [9.17, 15) is 24.9 Å². The zero-order chi connectivity index (χ0) is 18.3. The van der Waals surface area contributed by atoms with Crippen LogP contribution in [-0.4, -0.2) is 47.1 Å². The molecule has 0 saturated carbocycles. The molecule has 3 N–H and O–H groups in total. The van der Waals surface area contributed by atoms with Gasteiger partial charge in [-0.05, 0) is 24.5 Å². The fourth-order valence-electron chi connectivity index (χ4n) is 2.14. The van der Waals surface area contributed by atoms with Crippen LogP contribution in [0.2, 0.25) is 0 Å². The molecule has 1 atom stereocenters. The Labute approximate surface area is 140 Å². The molecule has 0 heterocycles. The van der Waals surface area contributed by atoms with Crippen LogP contribution in [0.15, 0.2) is 36.4 Å². The molecule has 1 aromatic carbocycles. The van der Waals surface area contributed by atoms with Crippen molar-refractivity contribution in [3.63, 3.8) is 0 Å². The molecule has 7 nitrogen and oxygen atoms in total. The third-order valence-electron chi connectivity index (χ3n) is 4.05. The fraction of sp³-hybridized carbons (Fsp3) is 0.412. The van der Waals surface area contributed by atoms with Crippen LogP contribution in [0, 0.1) is 5.41 Å². The van der Waals surface area contributed by atoms with Gasteiger partial charge in [-0.25, -0.2) is 19.4 Å². The highest BCUT2D eigenvalue weighted by Crippen LogP contribution is 2.36. The van der Waals surface area contributed by atoms with E-state index in [2.05, 4.69) is 16.4 Å². The number of benzene rings is 1. The number of hydrogen-bond acceptors (Lipinski definition) is 7. The number of rotatable bonds is 7. The maximum absolute atomic E-state index is 12.2. The first kappa shape index (κ1) is 19.8. The molecule has 24 heavy (non-hydrogen) atoms. The molecule has 0 bridgehead atoms. The van der Waals surface area contributed by atoms with E-state index in [0.29, 0.717) is 5.56 Å². The molecular weight excluding hydrogens is 316 g/mol. The van der Waals surface area contributed by atoms with Gasteiger partial charge in [0, 0.05) is 11.0 Å². The molecule has 1 unspecified atom stereocenters. The van der Waals surface area contributed by atoms with Crippen LogP contribution in [0.25, 0.3) is 0 Å². The van der Waals surface area contributed by atoms with Gasteiger partial charge in [-0.15, -0.1) is 0 Å². The summed E-state index contributed by atoms with van der Waals surface area (Å²) in [6.07, 6.45) is 0. The van der Waals surface area contributed by atoms with Gasteiger partial charge in [0.05, 0.1) is 25.4 Å². The smallest absolute Gasteiger partial charge is 0.386 e. The Morgan fingerprint density at radius 2 is 1.67 bits per heavy atom. The van der Waals surface area contributed by atoms with Crippen molar-refractivity contribution in [3.05, 3.63) is 47.5 Å². The van der Waals surface area contributed by atoms with Crippen molar-refractivity contribution in [1.29, 1.82) is 0 Å². The van der Waals surface area contributed by atoms with E-state index < -0.39 is 43.1 Å². The summed E-state index contributed by atoms with van der Waals surface area (Å²) in [5.41, 5.74) is -0.611. The Morgan fingerprint density at radius 1 is 1.12 bits per heavy atom. The van der Waals surface area contributed by atoms with Gasteiger partial charge in [0.15, 0.2) is 0 Å². The van der Waals surface area contributed by atoms with Crippen LogP contribution in [0.3, 0.4) is 0 Å². The highest BCUT2D eigenvalue weighted by Gasteiger charge is 2.37. The molecule has 1 rings (SSSR count). The molecule has 7 heteroatoms. The maximum Gasteiger partial charge on any atom is 0.386 e. The van der Waals surface area contributed by atoms with Gasteiger partial charge >= 0.3 is 11.9 Å². The minimum atomic E-state index is -1.22. The average molecular weight is 338 g/mol. The van der Waals surface area contributed by atoms with Crippen LogP contribution < -0.4 is 0 Å². The number of aliphatic hydroxyl groups excluding tert-OH is 3. The quantitative estimate of drug-likeness (QED) is 0.385. The lowest BCUT2D eigenvalue weighted by molar-refractivity contribution is -0.229. The number of hydrogen-bond donors (Lipinski definition) is 3. The van der Waals surface area contributed by atoms with Crippen molar-refractivity contribution in [2.75, 3.05) is 19.8 Å². The Bertz CT molecular complexity index is 596. The summed E-state index contributed by atoms with van der Waals surface area (Å²) < 4.78 is 0. The Balaban J connectivity index is 3.09. The van der Waals surface area contributed by atoms with E-state index in [1.807, 2.05) is 0 Å². The van der Waals surface area contributed by atoms with Crippen LogP contribution in [0.4, 0.5) is 0 Å². The van der Waals surface area contributed by atoms with E-state index in [4.69, 9.17) is 0 Å². The third-order valence-corrected chi connectivity index (χ3v) is 4.05. The highest BCUT2D eigenvalue weighted by atomic mass is 17.2. The summed E-state index contributed by atoms with van der Waals surface area (Å²) in [6.45, 7) is 5.01. The van der Waals surface area contributed by atoms with Gasteiger partial charge in [-0.3, -0.25) is 0 Å². The predicted molar refractivity (Wildman–Crippen MR) is 84.9 cm³/mol. The number of carbonyl (C=O) groups excluding carboxylic acids is 2. The number of carbonyl (C=O) groups is 2. The van der Waals surface area contributed by atoms with E-state index in [-0.39, 0.29) is 11.1 Å². The minimum Gasteiger partial charge on any atom is -0.396 e. The van der Waals surface area contributed by atoms with E-state index in [1.54, 1.807) is 25.1 Å². The lowest BCUT2D eigenvalue weighted by Gasteiger charge is -2.35. The monoisotopic (exact) mass is 338 g/mol. The Hall–Kier alpha value is -2.22. The standard InChI is InChI=1S/C17H22O7/c1-11(2)15(21)23-24-16(22)14-7-5-4-6-13(14)12(3)17(8-18,9-19)10-20/h4-7,12,18-20H,1,8-10H2,2-3H3. The molecule has 0 fully saturated rings. The predicted octanol–water partition coefficient (Wildman–Crippen LogP) is 0.944. The largest absolute Gasteiger partial charge is 0.396 e. The second kappa shape index (κ2) is 8.58. The second-order valence-corrected chi connectivity index (χ2v) is 5.67. The summed E-state index contributed by atoms with van der Waals surface area (Å²) >= 11 is 0. The van der Waals surface area contributed by atoms with E-state index in [0.717, 1.165) is 0 Å². The first-order valence-corrected chi connectivity index (χ1v) is 7.33. The van der Waals surface area contributed by atoms with Crippen molar-refractivity contribution < 1.29 is 34.7 Å². The average Bonchev–Trinajstić information content (AvgIpc) is 2.61. The highest BCUT2D eigenvalue weighted by molar-refractivity contribution is 5.92. The molecule has 0 saturated heterocycles. The summed E-state index contributed by atoms with van der Waals surface area (Å²) in [4.78, 5) is 32.4. The SMILES string of the molecule is C=C(C)C(=O)OOC(=O)c1ccccc1C(C)C(CO)(CO)CO. The van der Waals surface area contributed by atoms with Crippen molar-refractivity contribution in [2.24, 2.45) is 5.41 Å². The van der Waals surface area contributed by atoms with Crippen molar-refractivity contribution in [2.45, 2.75) is 19.8 Å². The van der Waals surface area contributed by atoms with Gasteiger partial charge in [-0.2, -0.15) is 0 Å². The molecule has 132 valence electrons. The van der Waals surface area contributed by atoms with Gasteiger partial charge in [-0.1, -0.05) is 31.7 Å². The van der Waals surface area contributed by atoms with Gasteiger partial charge in [0.2, 0.25) is 0 Å². The lowest BCUT2D eigenvalue weighted by Crippen LogP contribution is -2.39. The van der Waals surface area contributed by atoms with Crippen LogP contribution in [0.5, 0.6) is 0 Å². The van der Waals surface area contributed by atoms with Crippen LogP contribution in [0.1, 0.15) is 35.7 Å². The van der Waals surface area contributed by atoms with Crippen molar-refractivity contribution in [1.82, 2.24) is 0 Å². The molecule has 0 aliphatic rings. The Morgan fingerprint density at radius 3 is 2.17 bits per heavy atom. The lowest BCUT2D eigenvalue weighted by atomic mass is 9.73. The van der Waals surface area contributed by atoms with Gasteiger partial charge < -0.3 is 15.3 Å². The molecule has 0 amide bonds. The summed E-state index contributed by atoms with van der Waals surface area (Å²) in [6, 6.07) is 6.32. The first-order chi connectivity index (χ1) is 11.3. The zero-order valence-electron chi connectivity index (χ0n) is 13.7. The van der Waals surface area contributed by atoms with E-state index >= 15 is 0 Å². The number of aliphatic hydroxyl groups is 3. The Kier molecular flexibility index (Phi) is 7.09. The summed E-state index contributed by atoms with van der Waals surface area (Å²) in [7, 11) is 0. The summed E-state index contributed by atoms with van der Waals surface area (Å²) in [5.74, 6) is -2.35. The molecule has 0 aliphatic carbocycles. The molecule has 0 spiro atoms. The molecule has 0 radical (unpaired) electrons. The van der Waals surface area contributed by atoms with E-state index in [1.165, 1.54) is 13.0 Å². The topological polar surface area (TPSA) is 113 Å². The van der Waals surface area contributed by atoms with Gasteiger partial charge in [0.1, 0.15) is 0 Å². The molecule has 0 aliphatic heterocycles. The second-order valence-electron chi connectivity index (χ2n) is 5.67.